The molecule has 1 aromatic rings. The van der Waals surface area contributed by atoms with Crippen LogP contribution in [0.4, 0.5) is 0 Å². The van der Waals surface area contributed by atoms with Crippen molar-refractivity contribution in [1.82, 2.24) is 4.90 Å². The standard InChI is InChI=1S/C16H21NO3/c1-3-17(14-6-7-14)11-12-4-8-15(20-2)13(10-12)5-9-16(18)19/h4-5,8-10,14H,3,6-7,11H2,1-2H3,(H,18,19). The highest BCUT2D eigenvalue weighted by Crippen LogP contribution is 2.29. The van der Waals surface area contributed by atoms with Gasteiger partial charge in [0.25, 0.3) is 0 Å². The second kappa shape index (κ2) is 6.57. The van der Waals surface area contributed by atoms with Crippen LogP contribution in [-0.4, -0.2) is 35.7 Å². The van der Waals surface area contributed by atoms with Crippen molar-refractivity contribution < 1.29 is 14.6 Å². The van der Waals surface area contributed by atoms with Gasteiger partial charge in [0.05, 0.1) is 7.11 Å². The van der Waals surface area contributed by atoms with Gasteiger partial charge in [0, 0.05) is 24.2 Å². The van der Waals surface area contributed by atoms with E-state index in [4.69, 9.17) is 9.84 Å². The number of ether oxygens (including phenoxy) is 1. The van der Waals surface area contributed by atoms with E-state index in [0.29, 0.717) is 5.75 Å². The number of rotatable bonds is 7. The maximum Gasteiger partial charge on any atom is 0.328 e. The van der Waals surface area contributed by atoms with Gasteiger partial charge in [0.15, 0.2) is 0 Å². The lowest BCUT2D eigenvalue weighted by Crippen LogP contribution is -2.25. The lowest BCUT2D eigenvalue weighted by molar-refractivity contribution is -0.131. The zero-order valence-electron chi connectivity index (χ0n) is 12.0. The van der Waals surface area contributed by atoms with Crippen LogP contribution in [0.1, 0.15) is 30.9 Å². The second-order valence-corrected chi connectivity index (χ2v) is 5.04. The molecule has 4 nitrogen and oxygen atoms in total. The Bertz CT molecular complexity index is 506. The molecule has 1 aliphatic carbocycles. The largest absolute Gasteiger partial charge is 0.496 e. The highest BCUT2D eigenvalue weighted by molar-refractivity contribution is 5.85. The van der Waals surface area contributed by atoms with E-state index < -0.39 is 5.97 Å². The molecule has 1 aromatic carbocycles. The first-order valence-electron chi connectivity index (χ1n) is 6.96. The third kappa shape index (κ3) is 3.84. The minimum Gasteiger partial charge on any atom is -0.496 e. The Morgan fingerprint density at radius 3 is 2.80 bits per heavy atom. The third-order valence-corrected chi connectivity index (χ3v) is 3.55. The molecule has 0 unspecified atom stereocenters. The number of hydrogen-bond donors (Lipinski definition) is 1. The Morgan fingerprint density at radius 2 is 2.25 bits per heavy atom. The van der Waals surface area contributed by atoms with Crippen molar-refractivity contribution in [2.75, 3.05) is 13.7 Å². The van der Waals surface area contributed by atoms with Crippen molar-refractivity contribution in [3.05, 3.63) is 35.4 Å². The van der Waals surface area contributed by atoms with Crippen LogP contribution in [0.2, 0.25) is 0 Å². The number of benzene rings is 1. The van der Waals surface area contributed by atoms with Crippen LogP contribution < -0.4 is 4.74 Å². The molecule has 20 heavy (non-hydrogen) atoms. The van der Waals surface area contributed by atoms with Gasteiger partial charge in [0.1, 0.15) is 5.75 Å². The predicted molar refractivity (Wildman–Crippen MR) is 78.8 cm³/mol. The van der Waals surface area contributed by atoms with Gasteiger partial charge >= 0.3 is 5.97 Å². The Morgan fingerprint density at radius 1 is 1.50 bits per heavy atom. The minimum atomic E-state index is -0.953. The summed E-state index contributed by atoms with van der Waals surface area (Å²) in [7, 11) is 1.59. The van der Waals surface area contributed by atoms with Crippen LogP contribution in [-0.2, 0) is 11.3 Å². The van der Waals surface area contributed by atoms with Gasteiger partial charge < -0.3 is 9.84 Å². The summed E-state index contributed by atoms with van der Waals surface area (Å²) in [5.41, 5.74) is 1.99. The first kappa shape index (κ1) is 14.6. The van der Waals surface area contributed by atoms with Crippen LogP contribution in [0.5, 0.6) is 5.75 Å². The quantitative estimate of drug-likeness (QED) is 0.777. The molecule has 0 aromatic heterocycles. The average molecular weight is 275 g/mol. The molecule has 0 amide bonds. The van der Waals surface area contributed by atoms with Crippen LogP contribution in [0.3, 0.4) is 0 Å². The molecular weight excluding hydrogens is 254 g/mol. The van der Waals surface area contributed by atoms with Crippen molar-refractivity contribution in [1.29, 1.82) is 0 Å². The minimum absolute atomic E-state index is 0.695. The van der Waals surface area contributed by atoms with Crippen molar-refractivity contribution >= 4 is 12.0 Å². The van der Waals surface area contributed by atoms with Crippen molar-refractivity contribution in [3.8, 4) is 5.75 Å². The van der Waals surface area contributed by atoms with Gasteiger partial charge in [-0.15, -0.1) is 0 Å². The number of carboxylic acid groups (broad SMARTS) is 1. The van der Waals surface area contributed by atoms with E-state index in [2.05, 4.69) is 11.8 Å². The number of carboxylic acids is 1. The van der Waals surface area contributed by atoms with Gasteiger partial charge in [-0.1, -0.05) is 13.0 Å². The fraction of sp³-hybridized carbons (Fsp3) is 0.438. The molecular formula is C16H21NO3. The molecule has 0 spiro atoms. The fourth-order valence-electron chi connectivity index (χ4n) is 2.35. The van der Waals surface area contributed by atoms with Crippen LogP contribution in [0.15, 0.2) is 24.3 Å². The number of aliphatic carboxylic acids is 1. The van der Waals surface area contributed by atoms with Gasteiger partial charge in [0.2, 0.25) is 0 Å². The first-order chi connectivity index (χ1) is 9.63. The van der Waals surface area contributed by atoms with E-state index in [1.54, 1.807) is 13.2 Å². The topological polar surface area (TPSA) is 49.8 Å². The number of nitrogens with zero attached hydrogens (tertiary/aromatic N) is 1. The second-order valence-electron chi connectivity index (χ2n) is 5.04. The predicted octanol–water partition coefficient (Wildman–Crippen LogP) is 2.78. The molecule has 0 saturated heterocycles. The van der Waals surface area contributed by atoms with Gasteiger partial charge in [-0.2, -0.15) is 0 Å². The molecule has 0 heterocycles. The Hall–Kier alpha value is -1.81. The van der Waals surface area contributed by atoms with Crippen LogP contribution in [0, 0.1) is 0 Å². The molecule has 1 N–H and O–H groups in total. The van der Waals surface area contributed by atoms with Crippen LogP contribution >= 0.6 is 0 Å². The monoisotopic (exact) mass is 275 g/mol. The summed E-state index contributed by atoms with van der Waals surface area (Å²) in [5, 5.41) is 8.74. The summed E-state index contributed by atoms with van der Waals surface area (Å²) in [5.74, 6) is -0.258. The van der Waals surface area contributed by atoms with E-state index in [1.807, 2.05) is 18.2 Å². The van der Waals surface area contributed by atoms with Gasteiger partial charge in [-0.05, 0) is 43.2 Å². The SMILES string of the molecule is CCN(Cc1ccc(OC)c(C=CC(=O)O)c1)C1CC1. The number of methoxy groups -OCH3 is 1. The molecule has 1 fully saturated rings. The summed E-state index contributed by atoms with van der Waals surface area (Å²) in [6.45, 7) is 4.11. The maximum atomic E-state index is 10.6. The lowest BCUT2D eigenvalue weighted by atomic mass is 10.1. The number of hydrogen-bond acceptors (Lipinski definition) is 3. The molecule has 0 atom stereocenters. The van der Waals surface area contributed by atoms with E-state index in [9.17, 15) is 4.79 Å². The van der Waals surface area contributed by atoms with E-state index in [-0.39, 0.29) is 0 Å². The smallest absolute Gasteiger partial charge is 0.328 e. The molecule has 2 rings (SSSR count). The Labute approximate surface area is 119 Å². The summed E-state index contributed by atoms with van der Waals surface area (Å²) in [6, 6.07) is 6.67. The number of carbonyl (C=O) groups is 1. The van der Waals surface area contributed by atoms with Crippen molar-refractivity contribution in [2.45, 2.75) is 32.4 Å². The summed E-state index contributed by atoms with van der Waals surface area (Å²) in [4.78, 5) is 13.1. The summed E-state index contributed by atoms with van der Waals surface area (Å²) in [6.07, 6.45) is 5.30. The molecule has 108 valence electrons. The van der Waals surface area contributed by atoms with Crippen molar-refractivity contribution in [2.24, 2.45) is 0 Å². The zero-order valence-corrected chi connectivity index (χ0v) is 12.0. The first-order valence-corrected chi connectivity index (χ1v) is 6.96. The van der Waals surface area contributed by atoms with E-state index >= 15 is 0 Å². The maximum absolute atomic E-state index is 10.6. The Kier molecular flexibility index (Phi) is 4.79. The lowest BCUT2D eigenvalue weighted by Gasteiger charge is -2.20. The summed E-state index contributed by atoms with van der Waals surface area (Å²) < 4.78 is 5.27. The average Bonchev–Trinajstić information content (AvgIpc) is 3.27. The van der Waals surface area contributed by atoms with E-state index in [0.717, 1.165) is 30.8 Å². The zero-order chi connectivity index (χ0) is 14.5. The highest BCUT2D eigenvalue weighted by Gasteiger charge is 2.27. The molecule has 0 bridgehead atoms. The Balaban J connectivity index is 2.17. The van der Waals surface area contributed by atoms with Crippen molar-refractivity contribution in [3.63, 3.8) is 0 Å². The molecule has 1 saturated carbocycles. The molecule has 1 aliphatic rings. The van der Waals surface area contributed by atoms with Gasteiger partial charge in [-0.25, -0.2) is 4.79 Å². The highest BCUT2D eigenvalue weighted by atomic mass is 16.5. The van der Waals surface area contributed by atoms with E-state index in [1.165, 1.54) is 18.4 Å². The van der Waals surface area contributed by atoms with Crippen LogP contribution in [0.25, 0.3) is 6.08 Å². The molecule has 4 heteroatoms. The normalized spacial score (nSPS) is 14.9. The summed E-state index contributed by atoms with van der Waals surface area (Å²) >= 11 is 0. The molecule has 0 aliphatic heterocycles. The fourth-order valence-corrected chi connectivity index (χ4v) is 2.35. The molecule has 0 radical (unpaired) electrons. The third-order valence-electron chi connectivity index (χ3n) is 3.55. The van der Waals surface area contributed by atoms with Gasteiger partial charge in [-0.3, -0.25) is 4.90 Å².